The fourth-order valence-corrected chi connectivity index (χ4v) is 2.97. The quantitative estimate of drug-likeness (QED) is 0.692. The van der Waals surface area contributed by atoms with Crippen LogP contribution in [0, 0.1) is 6.92 Å². The Morgan fingerprint density at radius 3 is 2.52 bits per heavy atom. The van der Waals surface area contributed by atoms with Gasteiger partial charge < -0.3 is 4.90 Å². The Bertz CT molecular complexity index is 980. The van der Waals surface area contributed by atoms with Crippen LogP contribution in [0.5, 0.6) is 0 Å². The van der Waals surface area contributed by atoms with Crippen LogP contribution in [0.3, 0.4) is 0 Å². The highest BCUT2D eigenvalue weighted by Gasteiger charge is 2.29. The summed E-state index contributed by atoms with van der Waals surface area (Å²) in [4.78, 5) is 18.6. The molecule has 0 spiro atoms. The van der Waals surface area contributed by atoms with Crippen LogP contribution >= 0.6 is 0 Å². The van der Waals surface area contributed by atoms with E-state index in [2.05, 4.69) is 10.1 Å². The Labute approximate surface area is 154 Å². The van der Waals surface area contributed by atoms with Crippen molar-refractivity contribution >= 4 is 16.9 Å². The number of aryl methyl sites for hydroxylation is 2. The molecular formula is C19H19F3N4O. The smallest absolute Gasteiger partial charge is 0.341 e. The lowest BCUT2D eigenvalue weighted by atomic mass is 10.0. The van der Waals surface area contributed by atoms with Gasteiger partial charge >= 0.3 is 6.18 Å². The molecule has 2 aromatic heterocycles. The van der Waals surface area contributed by atoms with Gasteiger partial charge in [0.1, 0.15) is 0 Å². The van der Waals surface area contributed by atoms with Crippen LogP contribution in [0.15, 0.2) is 36.4 Å². The standard InChI is InChI=1S/C19H19F3N4O/c1-12-16-14(18(27)25(2)10-9-19(20,21)22)11-15(13-7-5-4-6-8-13)23-17(16)26(3)24-12/h4-8,11H,9-10H2,1-3H3. The zero-order valence-electron chi connectivity index (χ0n) is 15.2. The van der Waals surface area contributed by atoms with Gasteiger partial charge in [-0.1, -0.05) is 30.3 Å². The van der Waals surface area contributed by atoms with Crippen molar-refractivity contribution < 1.29 is 18.0 Å². The highest BCUT2D eigenvalue weighted by Crippen LogP contribution is 2.28. The van der Waals surface area contributed by atoms with E-state index in [-0.39, 0.29) is 0 Å². The lowest BCUT2D eigenvalue weighted by Gasteiger charge is -2.19. The first-order valence-corrected chi connectivity index (χ1v) is 8.39. The van der Waals surface area contributed by atoms with E-state index in [9.17, 15) is 18.0 Å². The van der Waals surface area contributed by atoms with Crippen molar-refractivity contribution in [3.8, 4) is 11.3 Å². The number of hydrogen-bond donors (Lipinski definition) is 0. The molecule has 0 unspecified atom stereocenters. The van der Waals surface area contributed by atoms with E-state index in [0.717, 1.165) is 10.5 Å². The minimum absolute atomic E-state index is 0.300. The fourth-order valence-electron chi connectivity index (χ4n) is 2.97. The van der Waals surface area contributed by atoms with E-state index in [1.165, 1.54) is 7.05 Å². The Hall–Kier alpha value is -2.90. The van der Waals surface area contributed by atoms with E-state index in [0.29, 0.717) is 28.0 Å². The van der Waals surface area contributed by atoms with Gasteiger partial charge in [-0.3, -0.25) is 9.48 Å². The summed E-state index contributed by atoms with van der Waals surface area (Å²) < 4.78 is 39.2. The number of alkyl halides is 3. The molecule has 0 atom stereocenters. The molecule has 142 valence electrons. The Kier molecular flexibility index (Phi) is 4.91. The van der Waals surface area contributed by atoms with Crippen LogP contribution < -0.4 is 0 Å². The lowest BCUT2D eigenvalue weighted by Crippen LogP contribution is -2.30. The summed E-state index contributed by atoms with van der Waals surface area (Å²) in [5.74, 6) is -0.486. The highest BCUT2D eigenvalue weighted by atomic mass is 19.4. The average Bonchev–Trinajstić information content (AvgIpc) is 2.92. The van der Waals surface area contributed by atoms with Gasteiger partial charge in [0.2, 0.25) is 0 Å². The maximum Gasteiger partial charge on any atom is 0.390 e. The number of amides is 1. The van der Waals surface area contributed by atoms with E-state index in [1.807, 2.05) is 30.3 Å². The molecule has 0 radical (unpaired) electrons. The second-order valence-corrected chi connectivity index (χ2v) is 6.42. The fraction of sp³-hybridized carbons (Fsp3) is 0.316. The van der Waals surface area contributed by atoms with Crippen LogP contribution in [-0.2, 0) is 7.05 Å². The Morgan fingerprint density at radius 2 is 1.89 bits per heavy atom. The second kappa shape index (κ2) is 7.02. The van der Waals surface area contributed by atoms with E-state index >= 15 is 0 Å². The molecule has 5 nitrogen and oxygen atoms in total. The highest BCUT2D eigenvalue weighted by molar-refractivity contribution is 6.07. The summed E-state index contributed by atoms with van der Waals surface area (Å²) in [6.45, 7) is 1.34. The minimum Gasteiger partial charge on any atom is -0.341 e. The minimum atomic E-state index is -4.32. The molecular weight excluding hydrogens is 357 g/mol. The Morgan fingerprint density at radius 1 is 1.22 bits per heavy atom. The maximum atomic E-state index is 12.9. The first-order valence-electron chi connectivity index (χ1n) is 8.39. The number of benzene rings is 1. The molecule has 8 heteroatoms. The van der Waals surface area contributed by atoms with Crippen molar-refractivity contribution in [1.29, 1.82) is 0 Å². The summed E-state index contributed by atoms with van der Waals surface area (Å²) in [5, 5.41) is 4.87. The molecule has 1 aromatic carbocycles. The van der Waals surface area contributed by atoms with Crippen molar-refractivity contribution in [3.05, 3.63) is 47.7 Å². The lowest BCUT2D eigenvalue weighted by molar-refractivity contribution is -0.136. The third-order valence-electron chi connectivity index (χ3n) is 4.35. The molecule has 0 bridgehead atoms. The van der Waals surface area contributed by atoms with Gasteiger partial charge in [0.25, 0.3) is 5.91 Å². The molecule has 2 heterocycles. The first-order chi connectivity index (χ1) is 12.7. The van der Waals surface area contributed by atoms with Crippen LogP contribution in [0.2, 0.25) is 0 Å². The number of hydrogen-bond acceptors (Lipinski definition) is 3. The van der Waals surface area contributed by atoms with Crippen molar-refractivity contribution in [1.82, 2.24) is 19.7 Å². The number of rotatable bonds is 4. The summed E-state index contributed by atoms with van der Waals surface area (Å²) in [5.41, 5.74) is 2.80. The molecule has 0 aliphatic heterocycles. The van der Waals surface area contributed by atoms with Gasteiger partial charge in [-0.15, -0.1) is 0 Å². The molecule has 0 aliphatic carbocycles. The van der Waals surface area contributed by atoms with Gasteiger partial charge in [0.15, 0.2) is 5.65 Å². The van der Waals surface area contributed by atoms with E-state index in [4.69, 9.17) is 0 Å². The largest absolute Gasteiger partial charge is 0.390 e. The van der Waals surface area contributed by atoms with Gasteiger partial charge in [-0.25, -0.2) is 4.98 Å². The van der Waals surface area contributed by atoms with Gasteiger partial charge in [-0.05, 0) is 13.0 Å². The van der Waals surface area contributed by atoms with Crippen molar-refractivity contribution in [2.45, 2.75) is 19.5 Å². The Balaban J connectivity index is 2.09. The third kappa shape index (κ3) is 3.94. The van der Waals surface area contributed by atoms with Crippen LogP contribution in [0.4, 0.5) is 13.2 Å². The summed E-state index contributed by atoms with van der Waals surface area (Å²) in [6.07, 6.45) is -5.37. The molecule has 3 aromatic rings. The molecule has 3 rings (SSSR count). The predicted octanol–water partition coefficient (Wildman–Crippen LogP) is 3.97. The summed E-state index contributed by atoms with van der Waals surface area (Å²) in [7, 11) is 3.09. The van der Waals surface area contributed by atoms with Crippen molar-refractivity contribution in [2.24, 2.45) is 7.05 Å². The molecule has 0 saturated carbocycles. The van der Waals surface area contributed by atoms with Crippen LogP contribution in [0.1, 0.15) is 22.5 Å². The van der Waals surface area contributed by atoms with Crippen LogP contribution in [-0.4, -0.2) is 45.3 Å². The summed E-state index contributed by atoms with van der Waals surface area (Å²) in [6, 6.07) is 10.9. The molecule has 0 N–H and O–H groups in total. The first kappa shape index (κ1) is 18.9. The second-order valence-electron chi connectivity index (χ2n) is 6.42. The number of aromatic nitrogens is 3. The maximum absolute atomic E-state index is 12.9. The van der Waals surface area contributed by atoms with Gasteiger partial charge in [-0.2, -0.15) is 18.3 Å². The molecule has 1 amide bonds. The van der Waals surface area contributed by atoms with Gasteiger partial charge in [0, 0.05) is 26.2 Å². The molecule has 0 saturated heterocycles. The van der Waals surface area contributed by atoms with Crippen LogP contribution in [0.25, 0.3) is 22.3 Å². The number of nitrogens with zero attached hydrogens (tertiary/aromatic N) is 4. The molecule has 27 heavy (non-hydrogen) atoms. The number of halogens is 3. The van der Waals surface area contributed by atoms with Crippen molar-refractivity contribution in [3.63, 3.8) is 0 Å². The number of fused-ring (bicyclic) bond motifs is 1. The number of carbonyl (C=O) groups is 1. The zero-order chi connectivity index (χ0) is 19.8. The number of pyridine rings is 1. The van der Waals surface area contributed by atoms with E-state index < -0.39 is 25.0 Å². The average molecular weight is 376 g/mol. The molecule has 0 aliphatic rings. The van der Waals surface area contributed by atoms with E-state index in [1.54, 1.807) is 24.7 Å². The third-order valence-corrected chi connectivity index (χ3v) is 4.35. The van der Waals surface area contributed by atoms with Crippen molar-refractivity contribution in [2.75, 3.05) is 13.6 Å². The predicted molar refractivity (Wildman–Crippen MR) is 96.3 cm³/mol. The van der Waals surface area contributed by atoms with Gasteiger partial charge in [0.05, 0.1) is 28.8 Å². The number of carbonyl (C=O) groups excluding carboxylic acids is 1. The summed E-state index contributed by atoms with van der Waals surface area (Å²) >= 11 is 0. The SMILES string of the molecule is Cc1nn(C)c2nc(-c3ccccc3)cc(C(=O)N(C)CCC(F)(F)F)c12. The molecule has 0 fully saturated rings. The normalized spacial score (nSPS) is 11.8. The monoisotopic (exact) mass is 376 g/mol. The zero-order valence-corrected chi connectivity index (χ0v) is 15.2. The topological polar surface area (TPSA) is 51.0 Å².